The number of carbonyl (C=O) groups is 2. The van der Waals surface area contributed by atoms with Gasteiger partial charge in [0.1, 0.15) is 0 Å². The number of hydrogen-bond donors (Lipinski definition) is 1. The summed E-state index contributed by atoms with van der Waals surface area (Å²) >= 11 is 0. The van der Waals surface area contributed by atoms with Crippen molar-refractivity contribution in [2.45, 2.75) is 65.3 Å². The van der Waals surface area contributed by atoms with Gasteiger partial charge in [0.05, 0.1) is 0 Å². The van der Waals surface area contributed by atoms with Gasteiger partial charge in [-0.15, -0.1) is 0 Å². The van der Waals surface area contributed by atoms with Crippen LogP contribution < -0.4 is 0 Å². The Morgan fingerprint density at radius 1 is 0.955 bits per heavy atom. The van der Waals surface area contributed by atoms with Crippen LogP contribution in [-0.4, -0.2) is 48.6 Å². The van der Waals surface area contributed by atoms with Gasteiger partial charge in [0, 0.05) is 41.5 Å². The number of hydrogen-bond acceptors (Lipinski definition) is 5. The molecule has 6 nitrogen and oxygen atoms in total. The molecule has 1 N–H and O–H groups in total. The van der Waals surface area contributed by atoms with Gasteiger partial charge in [-0.25, -0.2) is 4.79 Å². The second-order valence-corrected chi connectivity index (χ2v) is 4.77. The van der Waals surface area contributed by atoms with Crippen LogP contribution in [0.25, 0.3) is 0 Å². The van der Waals surface area contributed by atoms with Crippen LogP contribution in [0.1, 0.15) is 53.4 Å². The second-order valence-electron chi connectivity index (χ2n) is 4.77. The maximum Gasteiger partial charge on any atom is 0.344 e. The standard InChI is InChI=1S/C15H28O6.Ti/c1-5-9-19-13(20-10-6-2)12(16)15(8-4,14(17)18)21-11-7-3;/h13H,5-11H2,1-4H3,(H,17,18);. The molecule has 1 unspecified atom stereocenters. The monoisotopic (exact) mass is 352 g/mol. The van der Waals surface area contributed by atoms with Gasteiger partial charge in [0.25, 0.3) is 0 Å². The van der Waals surface area contributed by atoms with Gasteiger partial charge in [0.2, 0.25) is 17.7 Å². The zero-order chi connectivity index (χ0) is 16.3. The smallest absolute Gasteiger partial charge is 0.344 e. The Morgan fingerprint density at radius 2 is 1.41 bits per heavy atom. The molecule has 1 atom stereocenters. The van der Waals surface area contributed by atoms with Crippen molar-refractivity contribution in [3.8, 4) is 0 Å². The molecule has 0 saturated heterocycles. The minimum absolute atomic E-state index is 0. The number of carboxylic acid groups (broad SMARTS) is 1. The fourth-order valence-electron chi connectivity index (χ4n) is 1.78. The van der Waals surface area contributed by atoms with Crippen LogP contribution in [0.3, 0.4) is 0 Å². The van der Waals surface area contributed by atoms with E-state index < -0.39 is 23.6 Å². The Labute approximate surface area is 147 Å². The van der Waals surface area contributed by atoms with Crippen molar-refractivity contribution in [3.05, 3.63) is 0 Å². The SMILES string of the molecule is CCCOC(OCCC)C(=O)C(CC)(OCCC)C(=O)O.[Ti]. The van der Waals surface area contributed by atoms with Crippen molar-refractivity contribution >= 4 is 11.8 Å². The number of Topliss-reactive ketones (excluding diaryl/α,β-unsaturated/α-hetero) is 1. The van der Waals surface area contributed by atoms with Gasteiger partial charge in [-0.2, -0.15) is 0 Å². The molecule has 0 radical (unpaired) electrons. The molecule has 0 spiro atoms. The van der Waals surface area contributed by atoms with Crippen molar-refractivity contribution in [1.29, 1.82) is 0 Å². The zero-order valence-electron chi connectivity index (χ0n) is 14.0. The van der Waals surface area contributed by atoms with E-state index in [1.165, 1.54) is 0 Å². The van der Waals surface area contributed by atoms with E-state index in [0.29, 0.717) is 32.5 Å². The fourth-order valence-corrected chi connectivity index (χ4v) is 1.78. The van der Waals surface area contributed by atoms with Gasteiger partial charge in [-0.1, -0.05) is 27.7 Å². The normalized spacial score (nSPS) is 13.5. The summed E-state index contributed by atoms with van der Waals surface area (Å²) in [5.41, 5.74) is -1.90. The molecular formula is C15H28O6Ti. The molecule has 0 rings (SSSR count). The van der Waals surface area contributed by atoms with Gasteiger partial charge in [0.15, 0.2) is 0 Å². The number of carbonyl (C=O) groups excluding carboxylic acids is 1. The van der Waals surface area contributed by atoms with E-state index in [1.54, 1.807) is 6.92 Å². The molecule has 0 amide bonds. The largest absolute Gasteiger partial charge is 0.479 e. The summed E-state index contributed by atoms with van der Waals surface area (Å²) in [5, 5.41) is 9.46. The molecule has 0 aromatic rings. The maximum atomic E-state index is 12.6. The van der Waals surface area contributed by atoms with Crippen molar-refractivity contribution in [2.24, 2.45) is 0 Å². The minimum Gasteiger partial charge on any atom is -0.479 e. The number of ether oxygens (including phenoxy) is 3. The molecule has 0 aromatic heterocycles. The number of rotatable bonds is 13. The molecule has 7 heteroatoms. The van der Waals surface area contributed by atoms with E-state index in [-0.39, 0.29) is 34.7 Å². The van der Waals surface area contributed by atoms with Gasteiger partial charge < -0.3 is 19.3 Å². The summed E-state index contributed by atoms with van der Waals surface area (Å²) in [7, 11) is 0. The van der Waals surface area contributed by atoms with Crippen molar-refractivity contribution in [1.82, 2.24) is 0 Å². The van der Waals surface area contributed by atoms with Crippen LogP contribution in [0, 0.1) is 0 Å². The third kappa shape index (κ3) is 6.88. The zero-order valence-corrected chi connectivity index (χ0v) is 15.6. The van der Waals surface area contributed by atoms with Gasteiger partial charge >= 0.3 is 5.97 Å². The molecule has 0 aliphatic carbocycles. The van der Waals surface area contributed by atoms with Crippen LogP contribution in [-0.2, 0) is 45.5 Å². The van der Waals surface area contributed by atoms with Crippen molar-refractivity contribution in [3.63, 3.8) is 0 Å². The Kier molecular flexibility index (Phi) is 14.4. The summed E-state index contributed by atoms with van der Waals surface area (Å²) in [6.07, 6.45) is 0.877. The molecule has 0 bridgehead atoms. The van der Waals surface area contributed by atoms with Crippen LogP contribution >= 0.6 is 0 Å². The Bertz CT molecular complexity index is 315. The van der Waals surface area contributed by atoms with E-state index in [9.17, 15) is 14.7 Å². The number of aliphatic carboxylic acids is 1. The first-order valence-electron chi connectivity index (χ1n) is 7.64. The molecule has 0 aliphatic heterocycles. The Balaban J connectivity index is 0. The molecule has 0 saturated carbocycles. The first-order chi connectivity index (χ1) is 9.99. The summed E-state index contributed by atoms with van der Waals surface area (Å²) in [6, 6.07) is 0. The second kappa shape index (κ2) is 13.2. The third-order valence-electron chi connectivity index (χ3n) is 2.95. The van der Waals surface area contributed by atoms with E-state index in [0.717, 1.165) is 0 Å². The molecule has 0 fully saturated rings. The van der Waals surface area contributed by atoms with Crippen molar-refractivity contribution < 1.29 is 50.6 Å². The van der Waals surface area contributed by atoms with Crippen LogP contribution in [0.15, 0.2) is 0 Å². The Morgan fingerprint density at radius 3 is 1.73 bits per heavy atom. The topological polar surface area (TPSA) is 82.1 Å². The van der Waals surface area contributed by atoms with Gasteiger partial charge in [-0.05, 0) is 25.7 Å². The maximum absolute atomic E-state index is 12.6. The number of ketones is 1. The first kappa shape index (κ1) is 24.0. The van der Waals surface area contributed by atoms with Crippen molar-refractivity contribution in [2.75, 3.05) is 19.8 Å². The quantitative estimate of drug-likeness (QED) is 0.311. The van der Waals surface area contributed by atoms with E-state index in [1.807, 2.05) is 20.8 Å². The van der Waals surface area contributed by atoms with Gasteiger partial charge in [-0.3, -0.25) is 4.79 Å². The summed E-state index contributed by atoms with van der Waals surface area (Å²) in [4.78, 5) is 24.2. The number of carboxylic acids is 1. The molecule has 0 aromatic carbocycles. The minimum atomic E-state index is -1.90. The van der Waals surface area contributed by atoms with Crippen LogP contribution in [0.2, 0.25) is 0 Å². The summed E-state index contributed by atoms with van der Waals surface area (Å²) < 4.78 is 16.1. The molecule has 0 aliphatic rings. The predicted octanol–water partition coefficient (Wildman–Crippen LogP) is 2.39. The van der Waals surface area contributed by atoms with Crippen LogP contribution in [0.5, 0.6) is 0 Å². The molecule has 22 heavy (non-hydrogen) atoms. The van der Waals surface area contributed by atoms with E-state index in [2.05, 4.69) is 0 Å². The summed E-state index contributed by atoms with van der Waals surface area (Å²) in [5.74, 6) is -1.97. The van der Waals surface area contributed by atoms with E-state index in [4.69, 9.17) is 14.2 Å². The average molecular weight is 352 g/mol. The van der Waals surface area contributed by atoms with E-state index >= 15 is 0 Å². The average Bonchev–Trinajstić information content (AvgIpc) is 2.48. The Hall–Kier alpha value is -0.266. The fraction of sp³-hybridized carbons (Fsp3) is 0.867. The molecule has 0 heterocycles. The third-order valence-corrected chi connectivity index (χ3v) is 2.95. The predicted molar refractivity (Wildman–Crippen MR) is 78.2 cm³/mol. The summed E-state index contributed by atoms with van der Waals surface area (Å²) in [6.45, 7) is 8.11. The first-order valence-corrected chi connectivity index (χ1v) is 7.64. The molecular weight excluding hydrogens is 324 g/mol. The van der Waals surface area contributed by atoms with Crippen LogP contribution in [0.4, 0.5) is 0 Å². The molecule has 128 valence electrons.